The van der Waals surface area contributed by atoms with E-state index < -0.39 is 24.3 Å². The first-order valence-electron chi connectivity index (χ1n) is 9.64. The topological polar surface area (TPSA) is 80.3 Å². The second kappa shape index (κ2) is 9.95. The van der Waals surface area contributed by atoms with Crippen LogP contribution in [-0.2, 0) is 11.0 Å². The van der Waals surface area contributed by atoms with Crippen LogP contribution in [0.4, 0.5) is 18.9 Å². The summed E-state index contributed by atoms with van der Waals surface area (Å²) in [6, 6.07) is 15.6. The number of amides is 2. The molecule has 2 N–H and O–H groups in total. The Labute approximate surface area is 182 Å². The SMILES string of the molecule is CC(NC(=O)c1ccc(OCC(=O)Nc2cccc(C(F)(F)F)c2)cc1)c1ccccn1. The van der Waals surface area contributed by atoms with Gasteiger partial charge in [-0.25, -0.2) is 0 Å². The number of carbonyl (C=O) groups is 2. The molecule has 1 unspecified atom stereocenters. The summed E-state index contributed by atoms with van der Waals surface area (Å²) in [7, 11) is 0. The molecule has 1 atom stereocenters. The van der Waals surface area contributed by atoms with Crippen LogP contribution in [0.5, 0.6) is 5.75 Å². The first-order valence-corrected chi connectivity index (χ1v) is 9.64. The number of nitrogens with zero attached hydrogens (tertiary/aromatic N) is 1. The number of alkyl halides is 3. The largest absolute Gasteiger partial charge is 0.484 e. The van der Waals surface area contributed by atoms with Crippen molar-refractivity contribution >= 4 is 17.5 Å². The molecule has 0 saturated heterocycles. The van der Waals surface area contributed by atoms with E-state index in [1.165, 1.54) is 24.3 Å². The number of nitrogens with one attached hydrogen (secondary N) is 2. The van der Waals surface area contributed by atoms with Crippen molar-refractivity contribution in [3.05, 3.63) is 89.7 Å². The van der Waals surface area contributed by atoms with Gasteiger partial charge in [-0.3, -0.25) is 14.6 Å². The Hall–Kier alpha value is -3.88. The number of hydrogen-bond donors (Lipinski definition) is 2. The predicted octanol–water partition coefficient (Wildman–Crippen LogP) is 4.61. The summed E-state index contributed by atoms with van der Waals surface area (Å²) in [4.78, 5) is 28.6. The number of aromatic nitrogens is 1. The monoisotopic (exact) mass is 443 g/mol. The van der Waals surface area contributed by atoms with Gasteiger partial charge in [-0.2, -0.15) is 13.2 Å². The van der Waals surface area contributed by atoms with Crippen molar-refractivity contribution in [3.8, 4) is 5.75 Å². The molecule has 3 aromatic rings. The Morgan fingerprint density at radius 3 is 2.44 bits per heavy atom. The van der Waals surface area contributed by atoms with Crippen molar-refractivity contribution in [1.82, 2.24) is 10.3 Å². The van der Waals surface area contributed by atoms with E-state index in [1.807, 2.05) is 19.1 Å². The molecule has 0 fully saturated rings. The Balaban J connectivity index is 1.51. The molecule has 2 amide bonds. The minimum atomic E-state index is -4.50. The van der Waals surface area contributed by atoms with E-state index in [4.69, 9.17) is 4.74 Å². The van der Waals surface area contributed by atoms with E-state index >= 15 is 0 Å². The van der Waals surface area contributed by atoms with E-state index in [9.17, 15) is 22.8 Å². The summed E-state index contributed by atoms with van der Waals surface area (Å²) >= 11 is 0. The summed E-state index contributed by atoms with van der Waals surface area (Å²) < 4.78 is 43.6. The van der Waals surface area contributed by atoms with Gasteiger partial charge in [-0.05, 0) is 61.5 Å². The molecule has 0 bridgehead atoms. The fraction of sp³-hybridized carbons (Fsp3) is 0.174. The first-order chi connectivity index (χ1) is 15.2. The number of carbonyl (C=O) groups excluding carboxylic acids is 2. The minimum absolute atomic E-state index is 0.0162. The maximum Gasteiger partial charge on any atom is 0.416 e. The standard InChI is InChI=1S/C23H20F3N3O3/c1-15(20-7-2-3-12-27-20)28-22(31)16-8-10-19(11-9-16)32-14-21(30)29-18-6-4-5-17(13-18)23(24,25)26/h2-13,15H,14H2,1H3,(H,28,31)(H,29,30). The third-order valence-electron chi connectivity index (χ3n) is 4.44. The third kappa shape index (κ3) is 6.31. The highest BCUT2D eigenvalue weighted by Crippen LogP contribution is 2.30. The normalized spacial score (nSPS) is 12.0. The summed E-state index contributed by atoms with van der Waals surface area (Å²) in [5, 5.41) is 5.20. The lowest BCUT2D eigenvalue weighted by atomic mass is 10.1. The molecule has 32 heavy (non-hydrogen) atoms. The molecule has 0 aliphatic rings. The molecule has 166 valence electrons. The van der Waals surface area contributed by atoms with Crippen LogP contribution in [0.2, 0.25) is 0 Å². The average Bonchev–Trinajstić information content (AvgIpc) is 2.78. The van der Waals surface area contributed by atoms with E-state index in [2.05, 4.69) is 15.6 Å². The van der Waals surface area contributed by atoms with Crippen molar-refractivity contribution < 1.29 is 27.5 Å². The zero-order chi connectivity index (χ0) is 23.1. The van der Waals surface area contributed by atoms with E-state index in [1.54, 1.807) is 24.4 Å². The van der Waals surface area contributed by atoms with Crippen LogP contribution in [0.1, 0.15) is 34.6 Å². The van der Waals surface area contributed by atoms with E-state index in [0.29, 0.717) is 11.3 Å². The summed E-state index contributed by atoms with van der Waals surface area (Å²) in [5.74, 6) is -0.578. The fourth-order valence-electron chi connectivity index (χ4n) is 2.81. The molecule has 0 aliphatic heterocycles. The second-order valence-electron chi connectivity index (χ2n) is 6.89. The van der Waals surface area contributed by atoms with E-state index in [-0.39, 0.29) is 17.6 Å². The molecule has 1 aromatic heterocycles. The molecule has 6 nitrogen and oxygen atoms in total. The molecule has 0 radical (unpaired) electrons. The maximum atomic E-state index is 12.8. The minimum Gasteiger partial charge on any atom is -0.484 e. The van der Waals surface area contributed by atoms with Crippen LogP contribution in [0.3, 0.4) is 0 Å². The smallest absolute Gasteiger partial charge is 0.416 e. The van der Waals surface area contributed by atoms with Gasteiger partial charge in [-0.15, -0.1) is 0 Å². The maximum absolute atomic E-state index is 12.8. The average molecular weight is 443 g/mol. The molecule has 3 rings (SSSR count). The molecular weight excluding hydrogens is 423 g/mol. The van der Waals surface area contributed by atoms with Crippen LogP contribution in [0, 0.1) is 0 Å². The summed E-state index contributed by atoms with van der Waals surface area (Å²) in [6.45, 7) is 1.42. The van der Waals surface area contributed by atoms with Gasteiger partial charge in [0.15, 0.2) is 6.61 Å². The molecule has 1 heterocycles. The van der Waals surface area contributed by atoms with Crippen LogP contribution in [0.15, 0.2) is 72.9 Å². The van der Waals surface area contributed by atoms with Gasteiger partial charge >= 0.3 is 6.18 Å². The van der Waals surface area contributed by atoms with Crippen LogP contribution in [-0.4, -0.2) is 23.4 Å². The fourth-order valence-corrected chi connectivity index (χ4v) is 2.81. The number of hydrogen-bond acceptors (Lipinski definition) is 4. The van der Waals surface area contributed by atoms with Gasteiger partial charge in [0.1, 0.15) is 5.75 Å². The second-order valence-corrected chi connectivity index (χ2v) is 6.89. The van der Waals surface area contributed by atoms with Gasteiger partial charge in [0.25, 0.3) is 11.8 Å². The number of halogens is 3. The van der Waals surface area contributed by atoms with Gasteiger partial charge in [-0.1, -0.05) is 12.1 Å². The number of pyridine rings is 1. The predicted molar refractivity (Wildman–Crippen MR) is 112 cm³/mol. The zero-order valence-electron chi connectivity index (χ0n) is 17.0. The number of benzene rings is 2. The van der Waals surface area contributed by atoms with Gasteiger partial charge in [0, 0.05) is 17.4 Å². The van der Waals surface area contributed by atoms with Crippen LogP contribution in [0.25, 0.3) is 0 Å². The summed E-state index contributed by atoms with van der Waals surface area (Å²) in [5.41, 5.74) is 0.283. The summed E-state index contributed by atoms with van der Waals surface area (Å²) in [6.07, 6.45) is -2.85. The van der Waals surface area contributed by atoms with Gasteiger partial charge in [0.2, 0.25) is 0 Å². The molecule has 0 spiro atoms. The van der Waals surface area contributed by atoms with Crippen molar-refractivity contribution in [2.24, 2.45) is 0 Å². The molecular formula is C23H20F3N3O3. The Bertz CT molecular complexity index is 1070. The highest BCUT2D eigenvalue weighted by Gasteiger charge is 2.30. The lowest BCUT2D eigenvalue weighted by Gasteiger charge is -2.13. The lowest BCUT2D eigenvalue weighted by molar-refractivity contribution is -0.137. The molecule has 9 heteroatoms. The van der Waals surface area contributed by atoms with Crippen molar-refractivity contribution in [3.63, 3.8) is 0 Å². The molecule has 0 saturated carbocycles. The molecule has 2 aromatic carbocycles. The Morgan fingerprint density at radius 2 is 1.78 bits per heavy atom. The van der Waals surface area contributed by atoms with Gasteiger partial charge in [0.05, 0.1) is 17.3 Å². The highest BCUT2D eigenvalue weighted by molar-refractivity contribution is 5.94. The number of rotatable bonds is 7. The third-order valence-corrected chi connectivity index (χ3v) is 4.44. The highest BCUT2D eigenvalue weighted by atomic mass is 19.4. The Kier molecular flexibility index (Phi) is 7.09. The quantitative estimate of drug-likeness (QED) is 0.559. The number of anilines is 1. The first kappa shape index (κ1) is 22.8. The van der Waals surface area contributed by atoms with Crippen molar-refractivity contribution in [2.45, 2.75) is 19.1 Å². The lowest BCUT2D eigenvalue weighted by Crippen LogP contribution is -2.27. The van der Waals surface area contributed by atoms with Crippen molar-refractivity contribution in [1.29, 1.82) is 0 Å². The zero-order valence-corrected chi connectivity index (χ0v) is 17.0. The van der Waals surface area contributed by atoms with Crippen LogP contribution >= 0.6 is 0 Å². The molecule has 0 aliphatic carbocycles. The van der Waals surface area contributed by atoms with Gasteiger partial charge < -0.3 is 15.4 Å². The van der Waals surface area contributed by atoms with E-state index in [0.717, 1.165) is 17.8 Å². The van der Waals surface area contributed by atoms with Crippen molar-refractivity contribution in [2.75, 3.05) is 11.9 Å². The van der Waals surface area contributed by atoms with Crippen LogP contribution < -0.4 is 15.4 Å². The number of ether oxygens (including phenoxy) is 1. The Morgan fingerprint density at radius 1 is 1.03 bits per heavy atom.